The first kappa shape index (κ1) is 20.3. The minimum Gasteiger partial charge on any atom is -0.496 e. The zero-order chi connectivity index (χ0) is 19.8. The lowest BCUT2D eigenvalue weighted by Crippen LogP contribution is -2.49. The van der Waals surface area contributed by atoms with Crippen LogP contribution in [0, 0.1) is 5.92 Å². The van der Waals surface area contributed by atoms with E-state index in [1.54, 1.807) is 31.4 Å². The molecule has 27 heavy (non-hydrogen) atoms. The number of carbonyl (C=O) groups excluding carboxylic acids is 2. The molecule has 2 aromatic rings. The summed E-state index contributed by atoms with van der Waals surface area (Å²) in [6.45, 7) is 4.09. The van der Waals surface area contributed by atoms with Crippen LogP contribution in [0.4, 0.5) is 0 Å². The lowest BCUT2D eigenvalue weighted by atomic mass is 10.0. The third-order valence-electron chi connectivity index (χ3n) is 4.23. The average molecular weight is 370 g/mol. The van der Waals surface area contributed by atoms with Crippen LogP contribution in [-0.2, 0) is 11.3 Å². The summed E-state index contributed by atoms with van der Waals surface area (Å²) in [6.07, 6.45) is 0. The highest BCUT2D eigenvalue weighted by atomic mass is 16.5. The summed E-state index contributed by atoms with van der Waals surface area (Å²) < 4.78 is 10.5. The third-order valence-corrected chi connectivity index (χ3v) is 4.23. The average Bonchev–Trinajstić information content (AvgIpc) is 2.69. The molecule has 2 N–H and O–H groups in total. The molecule has 0 bridgehead atoms. The Morgan fingerprint density at radius 2 is 1.52 bits per heavy atom. The molecule has 2 aromatic carbocycles. The molecular formula is C21H26N2O4. The summed E-state index contributed by atoms with van der Waals surface area (Å²) in [5, 5.41) is 5.69. The van der Waals surface area contributed by atoms with Gasteiger partial charge in [0.2, 0.25) is 5.91 Å². The number of nitrogens with one attached hydrogen (secondary N) is 2. The molecule has 2 rings (SSSR count). The maximum absolute atomic E-state index is 12.7. The van der Waals surface area contributed by atoms with Crippen molar-refractivity contribution in [3.8, 4) is 11.5 Å². The Hall–Kier alpha value is -3.02. The number of carbonyl (C=O) groups is 2. The molecule has 0 heterocycles. The van der Waals surface area contributed by atoms with Gasteiger partial charge < -0.3 is 20.1 Å². The van der Waals surface area contributed by atoms with Gasteiger partial charge in [-0.1, -0.05) is 44.2 Å². The van der Waals surface area contributed by atoms with E-state index in [1.807, 2.05) is 38.1 Å². The van der Waals surface area contributed by atoms with Crippen LogP contribution in [0.1, 0.15) is 29.8 Å². The number of hydrogen-bond donors (Lipinski definition) is 2. The maximum atomic E-state index is 12.7. The van der Waals surface area contributed by atoms with Crippen molar-refractivity contribution in [2.45, 2.75) is 26.4 Å². The smallest absolute Gasteiger partial charge is 0.255 e. The number of para-hydroxylation sites is 2. The highest BCUT2D eigenvalue weighted by Gasteiger charge is 2.25. The van der Waals surface area contributed by atoms with E-state index >= 15 is 0 Å². The van der Waals surface area contributed by atoms with E-state index < -0.39 is 6.04 Å². The molecule has 0 aromatic heterocycles. The van der Waals surface area contributed by atoms with E-state index in [4.69, 9.17) is 9.47 Å². The third kappa shape index (κ3) is 5.23. The van der Waals surface area contributed by atoms with Crippen molar-refractivity contribution >= 4 is 11.8 Å². The first-order chi connectivity index (χ1) is 13.0. The Morgan fingerprint density at radius 1 is 0.926 bits per heavy atom. The molecule has 0 saturated carbocycles. The highest BCUT2D eigenvalue weighted by molar-refractivity contribution is 5.99. The van der Waals surface area contributed by atoms with Crippen LogP contribution in [-0.4, -0.2) is 32.1 Å². The second-order valence-corrected chi connectivity index (χ2v) is 6.43. The normalized spacial score (nSPS) is 11.6. The first-order valence-electron chi connectivity index (χ1n) is 8.81. The van der Waals surface area contributed by atoms with Crippen molar-refractivity contribution in [2.24, 2.45) is 5.92 Å². The fourth-order valence-electron chi connectivity index (χ4n) is 2.73. The second-order valence-electron chi connectivity index (χ2n) is 6.43. The minimum atomic E-state index is -0.669. The maximum Gasteiger partial charge on any atom is 0.255 e. The topological polar surface area (TPSA) is 76.7 Å². The van der Waals surface area contributed by atoms with Crippen molar-refractivity contribution in [3.05, 3.63) is 59.7 Å². The molecule has 144 valence electrons. The van der Waals surface area contributed by atoms with E-state index in [-0.39, 0.29) is 17.7 Å². The molecule has 1 atom stereocenters. The number of benzene rings is 2. The fourth-order valence-corrected chi connectivity index (χ4v) is 2.73. The van der Waals surface area contributed by atoms with Gasteiger partial charge in [-0.15, -0.1) is 0 Å². The van der Waals surface area contributed by atoms with Gasteiger partial charge in [0, 0.05) is 12.1 Å². The molecule has 6 heteroatoms. The molecule has 0 aliphatic carbocycles. The Kier molecular flexibility index (Phi) is 7.23. The number of methoxy groups -OCH3 is 2. The fraction of sp³-hybridized carbons (Fsp3) is 0.333. The molecule has 0 saturated heterocycles. The van der Waals surface area contributed by atoms with Gasteiger partial charge in [0.05, 0.1) is 19.8 Å². The van der Waals surface area contributed by atoms with E-state index in [1.165, 1.54) is 7.11 Å². The summed E-state index contributed by atoms with van der Waals surface area (Å²) in [5.41, 5.74) is 1.26. The van der Waals surface area contributed by atoms with Crippen LogP contribution >= 0.6 is 0 Å². The zero-order valence-corrected chi connectivity index (χ0v) is 16.1. The Bertz CT molecular complexity index is 789. The Balaban J connectivity index is 2.07. The molecule has 0 aliphatic heterocycles. The molecule has 2 amide bonds. The summed E-state index contributed by atoms with van der Waals surface area (Å²) in [7, 11) is 3.09. The van der Waals surface area contributed by atoms with Gasteiger partial charge in [0.1, 0.15) is 17.5 Å². The van der Waals surface area contributed by atoms with Crippen LogP contribution < -0.4 is 20.1 Å². The number of hydrogen-bond acceptors (Lipinski definition) is 4. The Morgan fingerprint density at radius 3 is 2.15 bits per heavy atom. The number of rotatable bonds is 8. The first-order valence-corrected chi connectivity index (χ1v) is 8.81. The number of ether oxygens (including phenoxy) is 2. The minimum absolute atomic E-state index is 0.0821. The summed E-state index contributed by atoms with van der Waals surface area (Å²) >= 11 is 0. The predicted octanol–water partition coefficient (Wildman–Crippen LogP) is 2.77. The molecule has 6 nitrogen and oxygen atoms in total. The summed E-state index contributed by atoms with van der Waals surface area (Å²) in [4.78, 5) is 25.3. The van der Waals surface area contributed by atoms with Crippen LogP contribution in [0.25, 0.3) is 0 Å². The van der Waals surface area contributed by atoms with Crippen LogP contribution in [0.2, 0.25) is 0 Å². The molecule has 0 aliphatic rings. The van der Waals surface area contributed by atoms with Crippen LogP contribution in [0.5, 0.6) is 11.5 Å². The molecule has 0 radical (unpaired) electrons. The van der Waals surface area contributed by atoms with Crippen molar-refractivity contribution in [2.75, 3.05) is 14.2 Å². The highest BCUT2D eigenvalue weighted by Crippen LogP contribution is 2.19. The van der Waals surface area contributed by atoms with Crippen molar-refractivity contribution in [1.29, 1.82) is 0 Å². The molecule has 0 fully saturated rings. The van der Waals surface area contributed by atoms with Gasteiger partial charge >= 0.3 is 0 Å². The van der Waals surface area contributed by atoms with Crippen LogP contribution in [0.3, 0.4) is 0 Å². The van der Waals surface area contributed by atoms with Gasteiger partial charge in [-0.3, -0.25) is 9.59 Å². The van der Waals surface area contributed by atoms with Gasteiger partial charge in [-0.25, -0.2) is 0 Å². The monoisotopic (exact) mass is 370 g/mol. The van der Waals surface area contributed by atoms with Gasteiger partial charge in [-0.05, 0) is 24.1 Å². The summed E-state index contributed by atoms with van der Waals surface area (Å²) in [6, 6.07) is 13.7. The number of amides is 2. The zero-order valence-electron chi connectivity index (χ0n) is 16.1. The Labute approximate surface area is 159 Å². The van der Waals surface area contributed by atoms with Gasteiger partial charge in [0.15, 0.2) is 0 Å². The van der Waals surface area contributed by atoms with E-state index in [0.29, 0.717) is 23.6 Å². The SMILES string of the molecule is COc1ccccc1CNC(=O)[C@@H](NC(=O)c1ccccc1OC)C(C)C. The molecular weight excluding hydrogens is 344 g/mol. The van der Waals surface area contributed by atoms with E-state index in [2.05, 4.69) is 10.6 Å². The van der Waals surface area contributed by atoms with Crippen LogP contribution in [0.15, 0.2) is 48.5 Å². The molecule has 0 spiro atoms. The largest absolute Gasteiger partial charge is 0.496 e. The quantitative estimate of drug-likeness (QED) is 0.749. The van der Waals surface area contributed by atoms with Crippen molar-refractivity contribution < 1.29 is 19.1 Å². The van der Waals surface area contributed by atoms with Gasteiger partial charge in [-0.2, -0.15) is 0 Å². The van der Waals surface area contributed by atoms with Crippen molar-refractivity contribution in [3.63, 3.8) is 0 Å². The lowest BCUT2D eigenvalue weighted by molar-refractivity contribution is -0.124. The van der Waals surface area contributed by atoms with Gasteiger partial charge in [0.25, 0.3) is 5.91 Å². The summed E-state index contributed by atoms with van der Waals surface area (Å²) in [5.74, 6) is 0.489. The second kappa shape index (κ2) is 9.62. The standard InChI is InChI=1S/C21H26N2O4/c1-14(2)19(23-20(24)16-10-6-8-12-18(16)27-4)21(25)22-13-15-9-5-7-11-17(15)26-3/h5-12,14,19H,13H2,1-4H3,(H,22,25)(H,23,24)/t19-/m0/s1. The molecule has 0 unspecified atom stereocenters. The van der Waals surface area contributed by atoms with E-state index in [9.17, 15) is 9.59 Å². The van der Waals surface area contributed by atoms with E-state index in [0.717, 1.165) is 5.56 Å². The lowest BCUT2D eigenvalue weighted by Gasteiger charge is -2.22. The predicted molar refractivity (Wildman–Crippen MR) is 104 cm³/mol. The van der Waals surface area contributed by atoms with Crippen molar-refractivity contribution in [1.82, 2.24) is 10.6 Å².